The molecule has 0 aliphatic rings. The molecule has 4 atom stereocenters. The van der Waals surface area contributed by atoms with Gasteiger partial charge in [-0.25, -0.2) is 4.79 Å². The van der Waals surface area contributed by atoms with Gasteiger partial charge < -0.3 is 26.6 Å². The van der Waals surface area contributed by atoms with Crippen molar-refractivity contribution in [2.24, 2.45) is 11.7 Å². The maximum absolute atomic E-state index is 12.7. The van der Waals surface area contributed by atoms with Crippen LogP contribution in [-0.4, -0.2) is 52.2 Å². The van der Waals surface area contributed by atoms with Gasteiger partial charge in [-0.1, -0.05) is 44.2 Å². The van der Waals surface area contributed by atoms with E-state index in [4.69, 9.17) is 5.73 Å². The Kier molecular flexibility index (Phi) is 8.90. The predicted molar refractivity (Wildman–Crippen MR) is 101 cm³/mol. The van der Waals surface area contributed by atoms with E-state index in [9.17, 15) is 24.6 Å². The van der Waals surface area contributed by atoms with E-state index in [-0.39, 0.29) is 18.8 Å². The molecule has 0 saturated heterocycles. The molecule has 8 heteroatoms. The third-order valence-corrected chi connectivity index (χ3v) is 4.06. The van der Waals surface area contributed by atoms with E-state index >= 15 is 0 Å². The Morgan fingerprint density at radius 3 is 2.04 bits per heavy atom. The van der Waals surface area contributed by atoms with Gasteiger partial charge in [0.05, 0.1) is 6.10 Å². The SMILES string of the molecule is CC(C)C[C@H](NC(=O)[C@H](Cc1ccccc1)NC(=O)[C@@H](N)[C@@H](C)O)C(=O)O. The van der Waals surface area contributed by atoms with Crippen LogP contribution >= 0.6 is 0 Å². The van der Waals surface area contributed by atoms with E-state index in [0.717, 1.165) is 5.56 Å². The predicted octanol–water partition coefficient (Wildman–Crippen LogP) is 0.0375. The first-order chi connectivity index (χ1) is 12.6. The minimum Gasteiger partial charge on any atom is -0.480 e. The van der Waals surface area contributed by atoms with E-state index in [0.29, 0.717) is 0 Å². The molecule has 0 spiro atoms. The number of benzene rings is 1. The van der Waals surface area contributed by atoms with Gasteiger partial charge in [0.15, 0.2) is 0 Å². The van der Waals surface area contributed by atoms with Crippen LogP contribution in [0, 0.1) is 5.92 Å². The number of carbonyl (C=O) groups excluding carboxylic acids is 2. The van der Waals surface area contributed by atoms with E-state index in [1.54, 1.807) is 24.3 Å². The average Bonchev–Trinajstić information content (AvgIpc) is 2.59. The van der Waals surface area contributed by atoms with Crippen LogP contribution in [0.5, 0.6) is 0 Å². The summed E-state index contributed by atoms with van der Waals surface area (Å²) in [5.41, 5.74) is 6.42. The van der Waals surface area contributed by atoms with Crippen molar-refractivity contribution in [1.29, 1.82) is 0 Å². The largest absolute Gasteiger partial charge is 0.480 e. The van der Waals surface area contributed by atoms with Crippen molar-refractivity contribution < 1.29 is 24.6 Å². The Morgan fingerprint density at radius 1 is 1.00 bits per heavy atom. The second-order valence-corrected chi connectivity index (χ2v) is 7.05. The lowest BCUT2D eigenvalue weighted by Gasteiger charge is -2.24. The highest BCUT2D eigenvalue weighted by molar-refractivity contribution is 5.92. The monoisotopic (exact) mass is 379 g/mol. The summed E-state index contributed by atoms with van der Waals surface area (Å²) >= 11 is 0. The van der Waals surface area contributed by atoms with Gasteiger partial charge in [-0.15, -0.1) is 0 Å². The van der Waals surface area contributed by atoms with Crippen LogP contribution in [0.25, 0.3) is 0 Å². The molecule has 2 amide bonds. The van der Waals surface area contributed by atoms with Crippen molar-refractivity contribution in [1.82, 2.24) is 10.6 Å². The summed E-state index contributed by atoms with van der Waals surface area (Å²) in [4.78, 5) is 36.3. The maximum Gasteiger partial charge on any atom is 0.326 e. The molecule has 1 aromatic rings. The molecule has 1 aromatic carbocycles. The number of nitrogens with one attached hydrogen (secondary N) is 2. The molecule has 0 aliphatic heterocycles. The summed E-state index contributed by atoms with van der Waals surface area (Å²) in [5, 5.41) is 23.8. The zero-order chi connectivity index (χ0) is 20.6. The van der Waals surface area contributed by atoms with Gasteiger partial charge in [-0.2, -0.15) is 0 Å². The second kappa shape index (κ2) is 10.6. The number of aliphatic carboxylic acids is 1. The number of nitrogens with two attached hydrogens (primary N) is 1. The summed E-state index contributed by atoms with van der Waals surface area (Å²) in [6.45, 7) is 5.08. The Balaban J connectivity index is 2.95. The van der Waals surface area contributed by atoms with E-state index < -0.39 is 42.0 Å². The summed E-state index contributed by atoms with van der Waals surface area (Å²) < 4.78 is 0. The molecule has 0 fully saturated rings. The molecular weight excluding hydrogens is 350 g/mol. The minimum atomic E-state index is -1.19. The first-order valence-electron chi connectivity index (χ1n) is 8.93. The molecular formula is C19H29N3O5. The van der Waals surface area contributed by atoms with Crippen molar-refractivity contribution in [2.45, 2.75) is 57.8 Å². The topological polar surface area (TPSA) is 142 Å². The number of hydrogen-bond acceptors (Lipinski definition) is 5. The number of rotatable bonds is 10. The third kappa shape index (κ3) is 7.76. The first kappa shape index (κ1) is 22.6. The second-order valence-electron chi connectivity index (χ2n) is 7.05. The molecule has 150 valence electrons. The summed E-state index contributed by atoms with van der Waals surface area (Å²) in [6.07, 6.45) is -0.655. The Labute approximate surface area is 159 Å². The summed E-state index contributed by atoms with van der Waals surface area (Å²) in [6, 6.07) is 5.75. The fraction of sp³-hybridized carbons (Fsp3) is 0.526. The van der Waals surface area contributed by atoms with Crippen molar-refractivity contribution in [3.63, 3.8) is 0 Å². The van der Waals surface area contributed by atoms with Crippen LogP contribution < -0.4 is 16.4 Å². The molecule has 0 aromatic heterocycles. The Bertz CT molecular complexity index is 633. The number of amides is 2. The standard InChI is InChI=1S/C19H29N3O5/c1-11(2)9-15(19(26)27)22-17(24)14(10-13-7-5-4-6-8-13)21-18(25)16(20)12(3)23/h4-8,11-12,14-16,23H,9-10,20H2,1-3H3,(H,21,25)(H,22,24)(H,26,27)/t12-,14+,15+,16+/m1/s1. The highest BCUT2D eigenvalue weighted by Crippen LogP contribution is 2.08. The van der Waals surface area contributed by atoms with Crippen LogP contribution in [0.4, 0.5) is 0 Å². The van der Waals surface area contributed by atoms with Crippen molar-refractivity contribution in [3.05, 3.63) is 35.9 Å². The van der Waals surface area contributed by atoms with Crippen molar-refractivity contribution in [3.8, 4) is 0 Å². The average molecular weight is 379 g/mol. The lowest BCUT2D eigenvalue weighted by atomic mass is 10.0. The zero-order valence-corrected chi connectivity index (χ0v) is 15.9. The summed E-state index contributed by atoms with van der Waals surface area (Å²) in [5.74, 6) is -2.37. The first-order valence-corrected chi connectivity index (χ1v) is 8.93. The number of carboxylic acids is 1. The molecule has 0 unspecified atom stereocenters. The molecule has 0 heterocycles. The van der Waals surface area contributed by atoms with E-state index in [1.807, 2.05) is 19.9 Å². The molecule has 0 saturated carbocycles. The molecule has 0 aliphatic carbocycles. The zero-order valence-electron chi connectivity index (χ0n) is 15.9. The molecule has 27 heavy (non-hydrogen) atoms. The van der Waals surface area contributed by atoms with Gasteiger partial charge in [0, 0.05) is 6.42 Å². The lowest BCUT2D eigenvalue weighted by molar-refractivity contribution is -0.142. The molecule has 1 rings (SSSR count). The van der Waals surface area contributed by atoms with Gasteiger partial charge in [0.25, 0.3) is 0 Å². The van der Waals surface area contributed by atoms with Crippen LogP contribution in [0.1, 0.15) is 32.8 Å². The van der Waals surface area contributed by atoms with Crippen LogP contribution in [-0.2, 0) is 20.8 Å². The van der Waals surface area contributed by atoms with E-state index in [2.05, 4.69) is 10.6 Å². The van der Waals surface area contributed by atoms with Gasteiger partial charge >= 0.3 is 5.97 Å². The van der Waals surface area contributed by atoms with E-state index in [1.165, 1.54) is 6.92 Å². The van der Waals surface area contributed by atoms with Crippen LogP contribution in [0.2, 0.25) is 0 Å². The molecule has 8 nitrogen and oxygen atoms in total. The number of aliphatic hydroxyl groups is 1. The highest BCUT2D eigenvalue weighted by Gasteiger charge is 2.29. The molecule has 0 bridgehead atoms. The van der Waals surface area contributed by atoms with Gasteiger partial charge in [-0.3, -0.25) is 9.59 Å². The quantitative estimate of drug-likeness (QED) is 0.388. The Morgan fingerprint density at radius 2 is 1.56 bits per heavy atom. The number of carboxylic acid groups (broad SMARTS) is 1. The fourth-order valence-electron chi connectivity index (χ4n) is 2.51. The highest BCUT2D eigenvalue weighted by atomic mass is 16.4. The van der Waals surface area contributed by atoms with Gasteiger partial charge in [-0.05, 0) is 24.8 Å². The number of hydrogen-bond donors (Lipinski definition) is 5. The fourth-order valence-corrected chi connectivity index (χ4v) is 2.51. The van der Waals surface area contributed by atoms with Crippen LogP contribution in [0.15, 0.2) is 30.3 Å². The van der Waals surface area contributed by atoms with Gasteiger partial charge in [0.1, 0.15) is 18.1 Å². The Hall–Kier alpha value is -2.45. The van der Waals surface area contributed by atoms with Crippen molar-refractivity contribution >= 4 is 17.8 Å². The molecule has 6 N–H and O–H groups in total. The number of carbonyl (C=O) groups is 3. The third-order valence-electron chi connectivity index (χ3n) is 4.06. The molecule has 0 radical (unpaired) electrons. The number of aliphatic hydroxyl groups excluding tert-OH is 1. The van der Waals surface area contributed by atoms with Crippen LogP contribution in [0.3, 0.4) is 0 Å². The normalized spacial score (nSPS) is 15.5. The lowest BCUT2D eigenvalue weighted by Crippen LogP contribution is -2.57. The van der Waals surface area contributed by atoms with Crippen molar-refractivity contribution in [2.75, 3.05) is 0 Å². The minimum absolute atomic E-state index is 0.0669. The summed E-state index contributed by atoms with van der Waals surface area (Å²) in [7, 11) is 0. The maximum atomic E-state index is 12.7. The smallest absolute Gasteiger partial charge is 0.326 e. The van der Waals surface area contributed by atoms with Gasteiger partial charge in [0.2, 0.25) is 11.8 Å².